The zero-order valence-electron chi connectivity index (χ0n) is 15.1. The molecule has 0 radical (unpaired) electrons. The van der Waals surface area contributed by atoms with E-state index in [4.69, 9.17) is 0 Å². The molecule has 2 N–H and O–H groups in total. The molecule has 0 saturated heterocycles. The molecule has 0 aromatic heterocycles. The number of rotatable bonds is 6. The molecule has 3 aromatic rings. The van der Waals surface area contributed by atoms with E-state index in [1.165, 1.54) is 0 Å². The molecule has 5 nitrogen and oxygen atoms in total. The van der Waals surface area contributed by atoms with Gasteiger partial charge in [-0.2, -0.15) is 5.10 Å². The van der Waals surface area contributed by atoms with Crippen LogP contribution in [0.4, 0.5) is 5.69 Å². The van der Waals surface area contributed by atoms with Crippen molar-refractivity contribution in [3.8, 4) is 0 Å². The summed E-state index contributed by atoms with van der Waals surface area (Å²) < 4.78 is 0. The summed E-state index contributed by atoms with van der Waals surface area (Å²) >= 11 is 0. The van der Waals surface area contributed by atoms with Gasteiger partial charge in [-0.1, -0.05) is 60.2 Å². The molecule has 0 saturated carbocycles. The van der Waals surface area contributed by atoms with Crippen molar-refractivity contribution in [2.75, 3.05) is 5.32 Å². The van der Waals surface area contributed by atoms with E-state index in [-0.39, 0.29) is 24.7 Å². The van der Waals surface area contributed by atoms with Crippen LogP contribution in [0.25, 0.3) is 10.8 Å². The SMILES string of the molecule is Cc1ccc(NC(=O)CCC(=O)NN=Cc2cccc3ccccc23)cc1. The van der Waals surface area contributed by atoms with E-state index >= 15 is 0 Å². The van der Waals surface area contributed by atoms with Crippen molar-refractivity contribution in [3.63, 3.8) is 0 Å². The number of hydrazone groups is 1. The maximum Gasteiger partial charge on any atom is 0.240 e. The van der Waals surface area contributed by atoms with E-state index in [0.29, 0.717) is 0 Å². The van der Waals surface area contributed by atoms with E-state index in [1.807, 2.05) is 73.7 Å². The third-order valence-corrected chi connectivity index (χ3v) is 4.13. The second kappa shape index (κ2) is 8.76. The number of nitrogens with one attached hydrogen (secondary N) is 2. The van der Waals surface area contributed by atoms with Crippen molar-refractivity contribution in [2.45, 2.75) is 19.8 Å². The fourth-order valence-electron chi connectivity index (χ4n) is 2.68. The van der Waals surface area contributed by atoms with Gasteiger partial charge in [-0.25, -0.2) is 5.43 Å². The van der Waals surface area contributed by atoms with Gasteiger partial charge in [-0.3, -0.25) is 9.59 Å². The maximum absolute atomic E-state index is 11.9. The summed E-state index contributed by atoms with van der Waals surface area (Å²) in [6.45, 7) is 1.98. The van der Waals surface area contributed by atoms with Crippen LogP contribution in [-0.2, 0) is 9.59 Å². The highest BCUT2D eigenvalue weighted by atomic mass is 16.2. The number of benzene rings is 3. The number of carbonyl (C=O) groups excluding carboxylic acids is 2. The van der Waals surface area contributed by atoms with Crippen LogP contribution in [0.2, 0.25) is 0 Å². The summed E-state index contributed by atoms with van der Waals surface area (Å²) in [5.74, 6) is -0.502. The Morgan fingerprint density at radius 1 is 0.889 bits per heavy atom. The molecule has 0 aliphatic rings. The minimum absolute atomic E-state index is 0.0740. The van der Waals surface area contributed by atoms with Crippen molar-refractivity contribution in [1.29, 1.82) is 0 Å². The van der Waals surface area contributed by atoms with E-state index in [0.717, 1.165) is 27.6 Å². The number of hydrogen-bond acceptors (Lipinski definition) is 3. The van der Waals surface area contributed by atoms with Crippen LogP contribution in [0.1, 0.15) is 24.0 Å². The quantitative estimate of drug-likeness (QED) is 0.515. The molecule has 136 valence electrons. The average molecular weight is 359 g/mol. The Morgan fingerprint density at radius 3 is 2.41 bits per heavy atom. The number of aryl methyl sites for hydroxylation is 1. The molecule has 0 unspecified atom stereocenters. The minimum atomic E-state index is -0.300. The smallest absolute Gasteiger partial charge is 0.240 e. The number of amides is 2. The monoisotopic (exact) mass is 359 g/mol. The fraction of sp³-hybridized carbons (Fsp3) is 0.136. The molecule has 3 aromatic carbocycles. The molecular weight excluding hydrogens is 338 g/mol. The average Bonchev–Trinajstić information content (AvgIpc) is 2.68. The molecule has 0 aliphatic heterocycles. The third-order valence-electron chi connectivity index (χ3n) is 4.13. The van der Waals surface area contributed by atoms with Gasteiger partial charge in [0, 0.05) is 24.1 Å². The standard InChI is InChI=1S/C22H21N3O2/c1-16-9-11-19(12-10-16)24-21(26)13-14-22(27)25-23-15-18-7-4-6-17-5-2-3-8-20(17)18/h2-12,15H,13-14H2,1H3,(H,24,26)(H,25,27). The lowest BCUT2D eigenvalue weighted by molar-refractivity contribution is -0.124. The van der Waals surface area contributed by atoms with Crippen molar-refractivity contribution >= 4 is 34.5 Å². The molecule has 0 fully saturated rings. The van der Waals surface area contributed by atoms with Crippen LogP contribution in [-0.4, -0.2) is 18.0 Å². The summed E-state index contributed by atoms with van der Waals surface area (Å²) in [6, 6.07) is 21.4. The summed E-state index contributed by atoms with van der Waals surface area (Å²) in [6.07, 6.45) is 1.79. The Hall–Kier alpha value is -3.47. The number of anilines is 1. The first-order valence-corrected chi connectivity index (χ1v) is 8.78. The molecule has 5 heteroatoms. The number of fused-ring (bicyclic) bond motifs is 1. The van der Waals surface area contributed by atoms with E-state index in [1.54, 1.807) is 6.21 Å². The van der Waals surface area contributed by atoms with E-state index < -0.39 is 0 Å². The van der Waals surface area contributed by atoms with Gasteiger partial charge in [-0.15, -0.1) is 0 Å². The largest absolute Gasteiger partial charge is 0.326 e. The Balaban J connectivity index is 1.48. The molecular formula is C22H21N3O2. The number of carbonyl (C=O) groups is 2. The first-order valence-electron chi connectivity index (χ1n) is 8.78. The second-order valence-electron chi connectivity index (χ2n) is 6.28. The molecule has 27 heavy (non-hydrogen) atoms. The van der Waals surface area contributed by atoms with Crippen molar-refractivity contribution < 1.29 is 9.59 Å². The molecule has 0 spiro atoms. The van der Waals surface area contributed by atoms with Crippen molar-refractivity contribution in [3.05, 3.63) is 77.9 Å². The van der Waals surface area contributed by atoms with E-state index in [9.17, 15) is 9.59 Å². The summed E-state index contributed by atoms with van der Waals surface area (Å²) in [4.78, 5) is 23.8. The van der Waals surface area contributed by atoms with Gasteiger partial charge < -0.3 is 5.32 Å². The zero-order valence-corrected chi connectivity index (χ0v) is 15.1. The van der Waals surface area contributed by atoms with Gasteiger partial charge in [0.2, 0.25) is 11.8 Å². The highest BCUT2D eigenvalue weighted by molar-refractivity contribution is 6.00. The van der Waals surface area contributed by atoms with Gasteiger partial charge in [0.15, 0.2) is 0 Å². The lowest BCUT2D eigenvalue weighted by Gasteiger charge is -2.05. The summed E-state index contributed by atoms with van der Waals surface area (Å²) in [5.41, 5.74) is 5.24. The van der Waals surface area contributed by atoms with Gasteiger partial charge in [-0.05, 0) is 29.8 Å². The van der Waals surface area contributed by atoms with Crippen LogP contribution >= 0.6 is 0 Å². The molecule has 2 amide bonds. The van der Waals surface area contributed by atoms with Gasteiger partial charge in [0.1, 0.15) is 0 Å². The normalized spacial score (nSPS) is 10.9. The van der Waals surface area contributed by atoms with Crippen LogP contribution in [0.15, 0.2) is 71.8 Å². The Kier molecular flexibility index (Phi) is 5.94. The van der Waals surface area contributed by atoms with Gasteiger partial charge in [0.05, 0.1) is 6.21 Å². The van der Waals surface area contributed by atoms with Crippen LogP contribution < -0.4 is 10.7 Å². The summed E-state index contributed by atoms with van der Waals surface area (Å²) in [7, 11) is 0. The molecule has 0 heterocycles. The lowest BCUT2D eigenvalue weighted by atomic mass is 10.1. The van der Waals surface area contributed by atoms with E-state index in [2.05, 4.69) is 15.8 Å². The van der Waals surface area contributed by atoms with Gasteiger partial charge >= 0.3 is 0 Å². The maximum atomic E-state index is 11.9. The number of nitrogens with zero attached hydrogens (tertiary/aromatic N) is 1. The zero-order chi connectivity index (χ0) is 19.1. The summed E-state index contributed by atoms with van der Waals surface area (Å²) in [5, 5.41) is 8.95. The fourth-order valence-corrected chi connectivity index (χ4v) is 2.68. The third kappa shape index (κ3) is 5.25. The van der Waals surface area contributed by atoms with Crippen LogP contribution in [0, 0.1) is 6.92 Å². The highest BCUT2D eigenvalue weighted by Gasteiger charge is 2.06. The topological polar surface area (TPSA) is 70.6 Å². The lowest BCUT2D eigenvalue weighted by Crippen LogP contribution is -2.20. The first kappa shape index (κ1) is 18.3. The Bertz CT molecular complexity index is 973. The molecule has 3 rings (SSSR count). The first-order chi connectivity index (χ1) is 13.1. The Labute approximate surface area is 158 Å². The predicted octanol–water partition coefficient (Wildman–Crippen LogP) is 4.02. The second-order valence-corrected chi connectivity index (χ2v) is 6.28. The van der Waals surface area contributed by atoms with Crippen molar-refractivity contribution in [1.82, 2.24) is 5.43 Å². The molecule has 0 atom stereocenters. The van der Waals surface area contributed by atoms with Crippen LogP contribution in [0.3, 0.4) is 0 Å². The molecule has 0 aliphatic carbocycles. The van der Waals surface area contributed by atoms with Crippen LogP contribution in [0.5, 0.6) is 0 Å². The predicted molar refractivity (Wildman–Crippen MR) is 109 cm³/mol. The van der Waals surface area contributed by atoms with Crippen molar-refractivity contribution in [2.24, 2.45) is 5.10 Å². The highest BCUT2D eigenvalue weighted by Crippen LogP contribution is 2.16. The minimum Gasteiger partial charge on any atom is -0.326 e. The molecule has 0 bridgehead atoms. The Morgan fingerprint density at radius 2 is 1.59 bits per heavy atom. The number of hydrogen-bond donors (Lipinski definition) is 2. The van der Waals surface area contributed by atoms with Gasteiger partial charge in [0.25, 0.3) is 0 Å².